The summed E-state index contributed by atoms with van der Waals surface area (Å²) in [6.07, 6.45) is 2.39. The Bertz CT molecular complexity index is 1060. The number of halogens is 2. The summed E-state index contributed by atoms with van der Waals surface area (Å²) in [6.45, 7) is 0.496. The van der Waals surface area contributed by atoms with Gasteiger partial charge >= 0.3 is 0 Å². The van der Waals surface area contributed by atoms with Crippen LogP contribution in [0.15, 0.2) is 71.9 Å². The van der Waals surface area contributed by atoms with E-state index in [1.54, 1.807) is 12.1 Å². The minimum absolute atomic E-state index is 0.0610. The first kappa shape index (κ1) is 19.2. The van der Waals surface area contributed by atoms with Crippen molar-refractivity contribution >= 4 is 17.7 Å². The first-order valence-corrected chi connectivity index (χ1v) is 10.9. The number of hydrogen-bond acceptors (Lipinski definition) is 3. The minimum Gasteiger partial charge on any atom is -0.352 e. The molecule has 0 saturated carbocycles. The number of thioether (sulfide) groups is 1. The number of nitrogens with one attached hydrogen (secondary N) is 1. The van der Waals surface area contributed by atoms with E-state index in [0.29, 0.717) is 24.2 Å². The highest BCUT2D eigenvalue weighted by atomic mass is 32.2. The van der Waals surface area contributed by atoms with E-state index < -0.39 is 5.76 Å². The van der Waals surface area contributed by atoms with Crippen LogP contribution in [0.25, 0.3) is 0 Å². The van der Waals surface area contributed by atoms with Gasteiger partial charge in [-0.3, -0.25) is 4.79 Å². The lowest BCUT2D eigenvalue weighted by molar-refractivity contribution is 0.0939. The fourth-order valence-corrected chi connectivity index (χ4v) is 5.60. The molecule has 1 N–H and O–H groups in total. The Morgan fingerprint density at radius 1 is 1.00 bits per heavy atom. The molecular formula is C24H20F2N2OS. The van der Waals surface area contributed by atoms with Gasteiger partial charge in [0.15, 0.2) is 0 Å². The number of hydrogen-bond donors (Lipinski definition) is 1. The normalized spacial score (nSPS) is 21.2. The van der Waals surface area contributed by atoms with Gasteiger partial charge in [0, 0.05) is 24.6 Å². The minimum atomic E-state index is -2.62. The van der Waals surface area contributed by atoms with Gasteiger partial charge in [-0.05, 0) is 58.5 Å². The maximum Gasteiger partial charge on any atom is 0.290 e. The number of fused-ring (bicyclic) bond motifs is 1. The molecular weight excluding hydrogens is 402 g/mol. The van der Waals surface area contributed by atoms with E-state index in [-0.39, 0.29) is 28.3 Å². The maximum atomic E-state index is 12.8. The highest BCUT2D eigenvalue weighted by Gasteiger charge is 2.42. The summed E-state index contributed by atoms with van der Waals surface area (Å²) in [5, 5.41) is 3.05. The van der Waals surface area contributed by atoms with E-state index in [4.69, 9.17) is 0 Å². The Balaban J connectivity index is 1.39. The summed E-state index contributed by atoms with van der Waals surface area (Å²) in [7, 11) is 0. The molecule has 2 aromatic carbocycles. The van der Waals surface area contributed by atoms with Crippen LogP contribution in [0.1, 0.15) is 50.9 Å². The van der Waals surface area contributed by atoms with Crippen molar-refractivity contribution in [2.45, 2.75) is 29.0 Å². The van der Waals surface area contributed by atoms with E-state index in [2.05, 4.69) is 58.8 Å². The third kappa shape index (κ3) is 3.29. The van der Waals surface area contributed by atoms with Crippen molar-refractivity contribution < 1.29 is 13.6 Å². The molecule has 1 aromatic heterocycles. The molecule has 152 valence electrons. The lowest BCUT2D eigenvalue weighted by atomic mass is 9.59. The van der Waals surface area contributed by atoms with Crippen LogP contribution >= 0.6 is 11.8 Å². The standard InChI is InChI=1S/C24H20F2N2OS/c25-24(26)30-23-19(10-5-11-27-23)22(29)28-13-14-12-20-15-6-1-3-8-17(15)21(14)18-9-4-2-7-16(18)20/h1-11,14,20-21,24H,12-13H2,(H,28,29). The molecule has 0 fully saturated rings. The summed E-state index contributed by atoms with van der Waals surface area (Å²) >= 11 is 0.303. The molecule has 3 aliphatic rings. The zero-order chi connectivity index (χ0) is 20.7. The Kier molecular flexibility index (Phi) is 5.03. The summed E-state index contributed by atoms with van der Waals surface area (Å²) in [5.74, 6) is -2.16. The van der Waals surface area contributed by atoms with Crippen molar-refractivity contribution in [3.63, 3.8) is 0 Å². The van der Waals surface area contributed by atoms with E-state index in [1.165, 1.54) is 28.5 Å². The molecule has 3 aromatic rings. The van der Waals surface area contributed by atoms with Gasteiger partial charge in [-0.15, -0.1) is 0 Å². The summed E-state index contributed by atoms with van der Waals surface area (Å²) in [4.78, 5) is 16.7. The molecule has 6 rings (SSSR count). The van der Waals surface area contributed by atoms with Gasteiger partial charge in [0.25, 0.3) is 11.7 Å². The number of carbonyl (C=O) groups excluding carboxylic acids is 1. The Hall–Kier alpha value is -2.73. The molecule has 0 aliphatic heterocycles. The molecule has 3 nitrogen and oxygen atoms in total. The zero-order valence-corrected chi connectivity index (χ0v) is 16.9. The highest BCUT2D eigenvalue weighted by molar-refractivity contribution is 7.99. The van der Waals surface area contributed by atoms with Crippen molar-refractivity contribution in [2.24, 2.45) is 5.92 Å². The van der Waals surface area contributed by atoms with E-state index >= 15 is 0 Å². The van der Waals surface area contributed by atoms with Crippen LogP contribution < -0.4 is 5.32 Å². The number of rotatable bonds is 5. The number of pyridine rings is 1. The number of benzene rings is 2. The third-order valence-electron chi connectivity index (χ3n) is 6.16. The molecule has 30 heavy (non-hydrogen) atoms. The van der Waals surface area contributed by atoms with Gasteiger partial charge in [-0.2, -0.15) is 8.78 Å². The average molecular weight is 423 g/mol. The number of aromatic nitrogens is 1. The van der Waals surface area contributed by atoms with Crippen LogP contribution in [0.3, 0.4) is 0 Å². The summed E-state index contributed by atoms with van der Waals surface area (Å²) in [6, 6.07) is 20.3. The highest BCUT2D eigenvalue weighted by Crippen LogP contribution is 2.55. The molecule has 1 unspecified atom stereocenters. The molecule has 0 saturated heterocycles. The second-order valence-electron chi connectivity index (χ2n) is 7.73. The predicted molar refractivity (Wildman–Crippen MR) is 113 cm³/mol. The van der Waals surface area contributed by atoms with E-state index in [1.807, 2.05) is 0 Å². The van der Waals surface area contributed by atoms with Crippen molar-refractivity contribution in [3.8, 4) is 0 Å². The lowest BCUT2D eigenvalue weighted by Gasteiger charge is -2.45. The number of amides is 1. The van der Waals surface area contributed by atoms with Crippen LogP contribution in [0.2, 0.25) is 0 Å². The molecule has 2 bridgehead atoms. The molecule has 1 heterocycles. The van der Waals surface area contributed by atoms with Crippen LogP contribution in [-0.2, 0) is 0 Å². The average Bonchev–Trinajstić information content (AvgIpc) is 2.77. The topological polar surface area (TPSA) is 42.0 Å². The lowest BCUT2D eigenvalue weighted by Crippen LogP contribution is -2.39. The number of carbonyl (C=O) groups is 1. The first-order chi connectivity index (χ1) is 14.6. The van der Waals surface area contributed by atoms with Crippen LogP contribution in [-0.4, -0.2) is 23.2 Å². The molecule has 1 amide bonds. The van der Waals surface area contributed by atoms with Crippen LogP contribution in [0.4, 0.5) is 8.78 Å². The zero-order valence-electron chi connectivity index (χ0n) is 16.1. The van der Waals surface area contributed by atoms with Gasteiger partial charge in [-0.25, -0.2) is 4.98 Å². The fraction of sp³-hybridized carbons (Fsp3) is 0.250. The van der Waals surface area contributed by atoms with Gasteiger partial charge in [0.1, 0.15) is 5.03 Å². The van der Waals surface area contributed by atoms with Gasteiger partial charge < -0.3 is 5.32 Å². The number of alkyl halides is 2. The van der Waals surface area contributed by atoms with Gasteiger partial charge in [0.2, 0.25) is 0 Å². The summed E-state index contributed by atoms with van der Waals surface area (Å²) in [5.41, 5.74) is 5.63. The maximum absolute atomic E-state index is 12.8. The molecule has 3 aliphatic carbocycles. The van der Waals surface area contributed by atoms with Crippen molar-refractivity contribution in [3.05, 3.63) is 94.7 Å². The molecule has 0 radical (unpaired) electrons. The van der Waals surface area contributed by atoms with E-state index in [9.17, 15) is 13.6 Å². The third-order valence-corrected chi connectivity index (χ3v) is 6.89. The SMILES string of the molecule is O=C(NCC1CC2c3ccccc3C1c1ccccc12)c1cccnc1SC(F)F. The summed E-state index contributed by atoms with van der Waals surface area (Å²) < 4.78 is 25.6. The largest absolute Gasteiger partial charge is 0.352 e. The predicted octanol–water partition coefficient (Wildman–Crippen LogP) is 5.42. The van der Waals surface area contributed by atoms with Crippen LogP contribution in [0, 0.1) is 5.92 Å². The monoisotopic (exact) mass is 422 g/mol. The smallest absolute Gasteiger partial charge is 0.290 e. The van der Waals surface area contributed by atoms with Crippen LogP contribution in [0.5, 0.6) is 0 Å². The second-order valence-corrected chi connectivity index (χ2v) is 8.71. The first-order valence-electron chi connectivity index (χ1n) is 9.99. The molecule has 6 heteroatoms. The van der Waals surface area contributed by atoms with E-state index in [0.717, 1.165) is 6.42 Å². The van der Waals surface area contributed by atoms with Crippen molar-refractivity contribution in [2.75, 3.05) is 6.54 Å². The molecule has 1 atom stereocenters. The Morgan fingerprint density at radius 2 is 1.63 bits per heavy atom. The van der Waals surface area contributed by atoms with Gasteiger partial charge in [0.05, 0.1) is 5.56 Å². The Labute approximate surface area is 177 Å². The molecule has 0 spiro atoms. The van der Waals surface area contributed by atoms with Crippen molar-refractivity contribution in [1.29, 1.82) is 0 Å². The second kappa shape index (κ2) is 7.84. The Morgan fingerprint density at radius 3 is 2.27 bits per heavy atom. The van der Waals surface area contributed by atoms with Crippen molar-refractivity contribution in [1.82, 2.24) is 10.3 Å². The van der Waals surface area contributed by atoms with Gasteiger partial charge in [-0.1, -0.05) is 48.5 Å². The number of nitrogens with zero attached hydrogens (tertiary/aromatic N) is 1. The quantitative estimate of drug-likeness (QED) is 0.558. The fourth-order valence-electron chi connectivity index (χ4n) is 5.02.